The smallest absolute Gasteiger partial charge is 0.241 e. The zero-order chi connectivity index (χ0) is 14.0. The number of rotatable bonds is 4. The predicted octanol–water partition coefficient (Wildman–Crippen LogP) is 1.82. The second-order valence-electron chi connectivity index (χ2n) is 4.15. The van der Waals surface area contributed by atoms with E-state index in [1.807, 2.05) is 12.3 Å². The van der Waals surface area contributed by atoms with Crippen molar-refractivity contribution in [2.24, 2.45) is 0 Å². The molecule has 0 aliphatic heterocycles. The zero-order valence-electron chi connectivity index (χ0n) is 10.7. The van der Waals surface area contributed by atoms with E-state index in [9.17, 15) is 8.42 Å². The maximum absolute atomic E-state index is 12.2. The summed E-state index contributed by atoms with van der Waals surface area (Å²) in [5, 5.41) is 2.75. The van der Waals surface area contributed by atoms with E-state index in [0.29, 0.717) is 16.9 Å². The van der Waals surface area contributed by atoms with E-state index in [1.165, 1.54) is 11.3 Å². The Labute approximate surface area is 116 Å². The van der Waals surface area contributed by atoms with Gasteiger partial charge < -0.3 is 5.73 Å². The summed E-state index contributed by atoms with van der Waals surface area (Å²) in [4.78, 5) is 4.42. The minimum atomic E-state index is -3.57. The first kappa shape index (κ1) is 14.0. The third-order valence-corrected chi connectivity index (χ3v) is 5.09. The molecule has 1 heterocycles. The molecule has 0 bridgehead atoms. The number of aromatic nitrogens is 1. The normalized spacial score (nSPS) is 11.7. The van der Waals surface area contributed by atoms with Gasteiger partial charge in [0.15, 0.2) is 0 Å². The van der Waals surface area contributed by atoms with Crippen LogP contribution < -0.4 is 10.5 Å². The monoisotopic (exact) mass is 297 g/mol. The van der Waals surface area contributed by atoms with Crippen molar-refractivity contribution < 1.29 is 8.42 Å². The molecule has 0 radical (unpaired) electrons. The van der Waals surface area contributed by atoms with E-state index >= 15 is 0 Å². The molecule has 2 aromatic rings. The number of anilines is 1. The van der Waals surface area contributed by atoms with E-state index in [0.717, 1.165) is 5.01 Å². The Balaban J connectivity index is 2.21. The predicted molar refractivity (Wildman–Crippen MR) is 76.5 cm³/mol. The average Bonchev–Trinajstić information content (AvgIpc) is 2.76. The van der Waals surface area contributed by atoms with Crippen molar-refractivity contribution in [3.05, 3.63) is 39.8 Å². The Hall–Kier alpha value is -1.44. The zero-order valence-corrected chi connectivity index (χ0v) is 12.3. The first-order chi connectivity index (χ1) is 8.90. The van der Waals surface area contributed by atoms with Gasteiger partial charge in [-0.3, -0.25) is 0 Å². The number of nitrogens with two attached hydrogens (primary N) is 1. The number of sulfonamides is 1. The van der Waals surface area contributed by atoms with Gasteiger partial charge in [0.2, 0.25) is 10.0 Å². The number of hydrogen-bond acceptors (Lipinski definition) is 5. The van der Waals surface area contributed by atoms with Crippen LogP contribution >= 0.6 is 11.3 Å². The third kappa shape index (κ3) is 3.12. The maximum Gasteiger partial charge on any atom is 0.241 e. The van der Waals surface area contributed by atoms with Crippen LogP contribution in [0.2, 0.25) is 0 Å². The first-order valence-electron chi connectivity index (χ1n) is 5.66. The van der Waals surface area contributed by atoms with Gasteiger partial charge in [0.05, 0.1) is 22.1 Å². The van der Waals surface area contributed by atoms with Crippen LogP contribution in [0.5, 0.6) is 0 Å². The van der Waals surface area contributed by atoms with Gasteiger partial charge in [-0.15, -0.1) is 11.3 Å². The summed E-state index contributed by atoms with van der Waals surface area (Å²) in [6.45, 7) is 3.75. The van der Waals surface area contributed by atoms with Crippen molar-refractivity contribution in [3.8, 4) is 0 Å². The van der Waals surface area contributed by atoms with Crippen molar-refractivity contribution in [3.63, 3.8) is 0 Å². The standard InChI is InChI=1S/C12H15N3O2S2/c1-8-11(13)4-3-5-12(8)19(16,17)14-6-10-7-18-9(2)15-10/h3-5,7,14H,6,13H2,1-2H3. The number of benzene rings is 1. The number of thiazole rings is 1. The average molecular weight is 297 g/mol. The Kier molecular flexibility index (Phi) is 3.88. The molecule has 0 saturated heterocycles. The fourth-order valence-corrected chi connectivity index (χ4v) is 3.54. The van der Waals surface area contributed by atoms with Crippen molar-refractivity contribution in [2.75, 3.05) is 5.73 Å². The number of nitrogens with zero attached hydrogens (tertiary/aromatic N) is 1. The molecule has 0 fully saturated rings. The summed E-state index contributed by atoms with van der Waals surface area (Å²) in [6, 6.07) is 4.85. The van der Waals surface area contributed by atoms with Crippen LogP contribution in [0.25, 0.3) is 0 Å². The quantitative estimate of drug-likeness (QED) is 0.843. The molecule has 0 amide bonds. The highest BCUT2D eigenvalue weighted by Gasteiger charge is 2.17. The van der Waals surface area contributed by atoms with Crippen LogP contribution in [0.4, 0.5) is 5.69 Å². The minimum Gasteiger partial charge on any atom is -0.398 e. The molecule has 19 heavy (non-hydrogen) atoms. The molecule has 1 aromatic heterocycles. The second kappa shape index (κ2) is 5.28. The van der Waals surface area contributed by atoms with Crippen molar-refractivity contribution in [2.45, 2.75) is 25.3 Å². The lowest BCUT2D eigenvalue weighted by molar-refractivity contribution is 0.580. The van der Waals surface area contributed by atoms with Crippen LogP contribution in [-0.2, 0) is 16.6 Å². The second-order valence-corrected chi connectivity index (χ2v) is 6.95. The molecular weight excluding hydrogens is 282 g/mol. The summed E-state index contributed by atoms with van der Waals surface area (Å²) in [6.07, 6.45) is 0. The summed E-state index contributed by atoms with van der Waals surface area (Å²) in [5.41, 5.74) is 7.47. The molecule has 7 heteroatoms. The van der Waals surface area contributed by atoms with Gasteiger partial charge in [-0.05, 0) is 31.5 Å². The van der Waals surface area contributed by atoms with Gasteiger partial charge >= 0.3 is 0 Å². The van der Waals surface area contributed by atoms with E-state index in [1.54, 1.807) is 25.1 Å². The minimum absolute atomic E-state index is 0.181. The molecule has 0 atom stereocenters. The number of nitrogens with one attached hydrogen (secondary N) is 1. The molecule has 102 valence electrons. The van der Waals surface area contributed by atoms with Crippen LogP contribution in [0.3, 0.4) is 0 Å². The SMILES string of the molecule is Cc1nc(CNS(=O)(=O)c2cccc(N)c2C)cs1. The Morgan fingerprint density at radius 2 is 2.11 bits per heavy atom. The summed E-state index contributed by atoms with van der Waals surface area (Å²) < 4.78 is 26.9. The molecule has 0 aliphatic rings. The number of hydrogen-bond donors (Lipinski definition) is 2. The van der Waals surface area contributed by atoms with Crippen molar-refractivity contribution >= 4 is 27.0 Å². The van der Waals surface area contributed by atoms with Crippen LogP contribution in [0.15, 0.2) is 28.5 Å². The van der Waals surface area contributed by atoms with E-state index in [2.05, 4.69) is 9.71 Å². The fraction of sp³-hybridized carbons (Fsp3) is 0.250. The number of nitrogen functional groups attached to an aromatic ring is 1. The highest BCUT2D eigenvalue weighted by molar-refractivity contribution is 7.89. The van der Waals surface area contributed by atoms with E-state index < -0.39 is 10.0 Å². The van der Waals surface area contributed by atoms with Crippen LogP contribution in [0, 0.1) is 13.8 Å². The van der Waals surface area contributed by atoms with Crippen LogP contribution in [-0.4, -0.2) is 13.4 Å². The summed E-state index contributed by atoms with van der Waals surface area (Å²) in [7, 11) is -3.57. The van der Waals surface area contributed by atoms with Gasteiger partial charge in [-0.25, -0.2) is 18.1 Å². The Morgan fingerprint density at radius 3 is 2.74 bits per heavy atom. The third-order valence-electron chi connectivity index (χ3n) is 2.73. The molecule has 0 spiro atoms. The van der Waals surface area contributed by atoms with Gasteiger partial charge in [-0.2, -0.15) is 0 Å². The van der Waals surface area contributed by atoms with Crippen molar-refractivity contribution in [1.29, 1.82) is 0 Å². The molecule has 3 N–H and O–H groups in total. The maximum atomic E-state index is 12.2. The molecule has 0 aliphatic carbocycles. The van der Waals surface area contributed by atoms with Crippen LogP contribution in [0.1, 0.15) is 16.3 Å². The summed E-state index contributed by atoms with van der Waals surface area (Å²) in [5.74, 6) is 0. The summed E-state index contributed by atoms with van der Waals surface area (Å²) >= 11 is 1.49. The number of aryl methyl sites for hydroxylation is 1. The Bertz CT molecular complexity index is 693. The molecule has 2 rings (SSSR count). The lowest BCUT2D eigenvalue weighted by Gasteiger charge is -2.09. The lowest BCUT2D eigenvalue weighted by Crippen LogP contribution is -2.24. The van der Waals surface area contributed by atoms with Crippen molar-refractivity contribution in [1.82, 2.24) is 9.71 Å². The Morgan fingerprint density at radius 1 is 1.37 bits per heavy atom. The topological polar surface area (TPSA) is 85.1 Å². The highest BCUT2D eigenvalue weighted by Crippen LogP contribution is 2.20. The molecular formula is C12H15N3O2S2. The van der Waals surface area contributed by atoms with Gasteiger partial charge in [0.1, 0.15) is 0 Å². The molecule has 5 nitrogen and oxygen atoms in total. The van der Waals surface area contributed by atoms with Gasteiger partial charge in [0.25, 0.3) is 0 Å². The molecule has 0 unspecified atom stereocenters. The molecule has 1 aromatic carbocycles. The highest BCUT2D eigenvalue weighted by atomic mass is 32.2. The first-order valence-corrected chi connectivity index (χ1v) is 8.02. The largest absolute Gasteiger partial charge is 0.398 e. The van der Waals surface area contributed by atoms with E-state index in [4.69, 9.17) is 5.73 Å². The van der Waals surface area contributed by atoms with Gasteiger partial charge in [0, 0.05) is 11.1 Å². The fourth-order valence-electron chi connectivity index (χ4n) is 1.66. The van der Waals surface area contributed by atoms with E-state index in [-0.39, 0.29) is 11.4 Å². The molecule has 0 saturated carbocycles. The lowest BCUT2D eigenvalue weighted by atomic mass is 10.2. The van der Waals surface area contributed by atoms with Gasteiger partial charge in [-0.1, -0.05) is 6.07 Å².